The van der Waals surface area contributed by atoms with E-state index in [0.29, 0.717) is 0 Å². The predicted molar refractivity (Wildman–Crippen MR) is 64.1 cm³/mol. The number of nitrogens with two attached hydrogens (primary N) is 1. The summed E-state index contributed by atoms with van der Waals surface area (Å²) in [7, 11) is 0. The molecule has 3 amide bonds. The second kappa shape index (κ2) is 6.64. The maximum absolute atomic E-state index is 12.5. The maximum atomic E-state index is 12.5. The van der Waals surface area contributed by atoms with Crippen LogP contribution in [0.1, 0.15) is 19.3 Å². The Labute approximate surface area is 118 Å². The third-order valence-corrected chi connectivity index (χ3v) is 3.25. The largest absolute Gasteiger partial charge is 0.480 e. The van der Waals surface area contributed by atoms with Crippen molar-refractivity contribution in [2.75, 3.05) is 13.1 Å². The van der Waals surface area contributed by atoms with Gasteiger partial charge in [0, 0.05) is 13.1 Å². The van der Waals surface area contributed by atoms with Crippen molar-refractivity contribution >= 4 is 17.9 Å². The van der Waals surface area contributed by atoms with E-state index in [9.17, 15) is 27.6 Å². The van der Waals surface area contributed by atoms with Crippen molar-refractivity contribution in [3.8, 4) is 0 Å². The first-order valence-electron chi connectivity index (χ1n) is 6.24. The van der Waals surface area contributed by atoms with Crippen LogP contribution in [0.15, 0.2) is 0 Å². The van der Waals surface area contributed by atoms with Crippen LogP contribution in [0.3, 0.4) is 0 Å². The number of piperidine rings is 1. The lowest BCUT2D eigenvalue weighted by Gasteiger charge is -2.33. The molecule has 10 heteroatoms. The van der Waals surface area contributed by atoms with Gasteiger partial charge < -0.3 is 21.1 Å². The number of carbonyl (C=O) groups is 3. The van der Waals surface area contributed by atoms with E-state index in [2.05, 4.69) is 5.32 Å². The van der Waals surface area contributed by atoms with Gasteiger partial charge in [-0.3, -0.25) is 4.79 Å². The summed E-state index contributed by atoms with van der Waals surface area (Å²) in [6.07, 6.45) is -5.34. The van der Waals surface area contributed by atoms with Gasteiger partial charge in [0.2, 0.25) is 5.91 Å². The number of primary amides is 1. The fourth-order valence-corrected chi connectivity index (χ4v) is 2.05. The third-order valence-electron chi connectivity index (χ3n) is 3.25. The minimum atomic E-state index is -4.29. The molecule has 0 aromatic heterocycles. The summed E-state index contributed by atoms with van der Waals surface area (Å²) in [5, 5.41) is 10.9. The van der Waals surface area contributed by atoms with Crippen molar-refractivity contribution in [1.29, 1.82) is 0 Å². The molecule has 1 rings (SSSR count). The van der Waals surface area contributed by atoms with Gasteiger partial charge in [-0.25, -0.2) is 9.59 Å². The van der Waals surface area contributed by atoms with Gasteiger partial charge in [0.1, 0.15) is 6.04 Å². The molecule has 1 aliphatic rings. The number of carbonyl (C=O) groups excluding carboxylic acids is 2. The lowest BCUT2D eigenvalue weighted by Crippen LogP contribution is -2.52. The number of carboxylic acid groups (broad SMARTS) is 1. The molecule has 1 saturated heterocycles. The first-order chi connectivity index (χ1) is 9.61. The molecule has 0 spiro atoms. The quantitative estimate of drug-likeness (QED) is 0.693. The van der Waals surface area contributed by atoms with Crippen molar-refractivity contribution in [2.45, 2.75) is 31.5 Å². The topological polar surface area (TPSA) is 113 Å². The second-order valence-electron chi connectivity index (χ2n) is 4.81. The number of amides is 3. The Kier molecular flexibility index (Phi) is 5.39. The first-order valence-corrected chi connectivity index (χ1v) is 6.24. The van der Waals surface area contributed by atoms with Gasteiger partial charge in [0.25, 0.3) is 0 Å². The molecule has 0 aromatic carbocycles. The minimum absolute atomic E-state index is 0.126. The van der Waals surface area contributed by atoms with Crippen LogP contribution in [-0.4, -0.2) is 53.2 Å². The average molecular weight is 311 g/mol. The molecule has 1 heterocycles. The molecule has 120 valence electrons. The number of likely N-dealkylation sites (tertiary alicyclic amines) is 1. The van der Waals surface area contributed by atoms with E-state index in [0.717, 1.165) is 4.90 Å². The van der Waals surface area contributed by atoms with Crippen molar-refractivity contribution in [2.24, 2.45) is 11.7 Å². The molecule has 0 unspecified atom stereocenters. The molecule has 0 aromatic rings. The predicted octanol–water partition coefficient (Wildman–Crippen LogP) is 0.299. The van der Waals surface area contributed by atoms with Gasteiger partial charge in [-0.15, -0.1) is 0 Å². The standard InChI is InChI=1S/C11H16F3N3O4/c12-11(13,14)6-1-3-17(4-2-6)10(21)16-7(9(19)20)5-8(15)18/h6-7H,1-5H2,(H2,15,18)(H,16,21)(H,19,20)/t7-/m0/s1. The van der Waals surface area contributed by atoms with Gasteiger partial charge in [0.05, 0.1) is 12.3 Å². The number of nitrogens with one attached hydrogen (secondary N) is 1. The Hall–Kier alpha value is -2.00. The third kappa shape index (κ3) is 5.12. The van der Waals surface area contributed by atoms with Crippen LogP contribution in [0.5, 0.6) is 0 Å². The number of urea groups is 1. The molecule has 0 bridgehead atoms. The van der Waals surface area contributed by atoms with Crippen molar-refractivity contribution in [1.82, 2.24) is 10.2 Å². The van der Waals surface area contributed by atoms with E-state index in [-0.39, 0.29) is 25.9 Å². The fourth-order valence-electron chi connectivity index (χ4n) is 2.05. The van der Waals surface area contributed by atoms with E-state index in [1.165, 1.54) is 0 Å². The van der Waals surface area contributed by atoms with E-state index in [4.69, 9.17) is 10.8 Å². The molecule has 0 aliphatic carbocycles. The molecule has 4 N–H and O–H groups in total. The first kappa shape index (κ1) is 17.1. The Morgan fingerprint density at radius 2 is 1.81 bits per heavy atom. The zero-order valence-electron chi connectivity index (χ0n) is 11.0. The maximum Gasteiger partial charge on any atom is 0.391 e. The number of hydrogen-bond donors (Lipinski definition) is 3. The summed E-state index contributed by atoms with van der Waals surface area (Å²) in [5.41, 5.74) is 4.86. The monoisotopic (exact) mass is 311 g/mol. The van der Waals surface area contributed by atoms with Gasteiger partial charge in [-0.1, -0.05) is 0 Å². The van der Waals surface area contributed by atoms with Crippen molar-refractivity contribution in [3.63, 3.8) is 0 Å². The Morgan fingerprint density at radius 3 is 2.19 bits per heavy atom. The molecule has 7 nitrogen and oxygen atoms in total. The Morgan fingerprint density at radius 1 is 1.29 bits per heavy atom. The highest BCUT2D eigenvalue weighted by Crippen LogP contribution is 2.34. The number of aliphatic carboxylic acids is 1. The van der Waals surface area contributed by atoms with Crippen molar-refractivity contribution in [3.05, 3.63) is 0 Å². The molecule has 0 radical (unpaired) electrons. The summed E-state index contributed by atoms with van der Waals surface area (Å²) < 4.78 is 37.4. The smallest absolute Gasteiger partial charge is 0.391 e. The normalized spacial score (nSPS) is 18.1. The fraction of sp³-hybridized carbons (Fsp3) is 0.727. The number of nitrogens with zero attached hydrogens (tertiary/aromatic N) is 1. The van der Waals surface area contributed by atoms with Crippen LogP contribution in [0.25, 0.3) is 0 Å². The van der Waals surface area contributed by atoms with Crippen LogP contribution in [0.4, 0.5) is 18.0 Å². The molecular formula is C11H16F3N3O4. The van der Waals surface area contributed by atoms with Gasteiger partial charge in [-0.2, -0.15) is 13.2 Å². The Bertz CT molecular complexity index is 419. The minimum Gasteiger partial charge on any atom is -0.480 e. The SMILES string of the molecule is NC(=O)C[C@H](NC(=O)N1CCC(C(F)(F)F)CC1)C(=O)O. The number of carboxylic acids is 1. The van der Waals surface area contributed by atoms with Gasteiger partial charge in [-0.05, 0) is 12.8 Å². The van der Waals surface area contributed by atoms with Crippen LogP contribution in [-0.2, 0) is 9.59 Å². The molecule has 1 fully saturated rings. The molecular weight excluding hydrogens is 295 g/mol. The summed E-state index contributed by atoms with van der Waals surface area (Å²) in [4.78, 5) is 34.4. The lowest BCUT2D eigenvalue weighted by atomic mass is 9.96. The summed E-state index contributed by atoms with van der Waals surface area (Å²) in [5.74, 6) is -3.80. The lowest BCUT2D eigenvalue weighted by molar-refractivity contribution is -0.183. The molecule has 1 aliphatic heterocycles. The molecule has 21 heavy (non-hydrogen) atoms. The van der Waals surface area contributed by atoms with E-state index in [1.807, 2.05) is 0 Å². The summed E-state index contributed by atoms with van der Waals surface area (Å²) >= 11 is 0. The number of alkyl halides is 3. The van der Waals surface area contributed by atoms with Crippen LogP contribution in [0, 0.1) is 5.92 Å². The number of rotatable bonds is 4. The Balaban J connectivity index is 2.53. The number of halogens is 3. The number of hydrogen-bond acceptors (Lipinski definition) is 3. The second-order valence-corrected chi connectivity index (χ2v) is 4.81. The summed E-state index contributed by atoms with van der Waals surface area (Å²) in [6, 6.07) is -2.31. The highest BCUT2D eigenvalue weighted by molar-refractivity contribution is 5.87. The van der Waals surface area contributed by atoms with E-state index in [1.54, 1.807) is 0 Å². The zero-order chi connectivity index (χ0) is 16.2. The molecule has 1 atom stereocenters. The van der Waals surface area contributed by atoms with Crippen LogP contribution in [0.2, 0.25) is 0 Å². The highest BCUT2D eigenvalue weighted by atomic mass is 19.4. The van der Waals surface area contributed by atoms with Gasteiger partial charge >= 0.3 is 18.2 Å². The van der Waals surface area contributed by atoms with Crippen LogP contribution < -0.4 is 11.1 Å². The average Bonchev–Trinajstić information content (AvgIpc) is 2.36. The van der Waals surface area contributed by atoms with E-state index < -0.39 is 42.5 Å². The van der Waals surface area contributed by atoms with Crippen LogP contribution >= 0.6 is 0 Å². The van der Waals surface area contributed by atoms with Crippen molar-refractivity contribution < 1.29 is 32.7 Å². The van der Waals surface area contributed by atoms with E-state index >= 15 is 0 Å². The van der Waals surface area contributed by atoms with Gasteiger partial charge in [0.15, 0.2) is 0 Å². The summed E-state index contributed by atoms with van der Waals surface area (Å²) in [6.45, 7) is -0.252. The molecule has 0 saturated carbocycles. The highest BCUT2D eigenvalue weighted by Gasteiger charge is 2.42. The zero-order valence-corrected chi connectivity index (χ0v) is 11.0.